The Bertz CT molecular complexity index is 1030. The predicted molar refractivity (Wildman–Crippen MR) is 102 cm³/mol. The Hall–Kier alpha value is -3.00. The average Bonchev–Trinajstić information content (AvgIpc) is 3.31. The predicted octanol–water partition coefficient (Wildman–Crippen LogP) is 3.02. The quantitative estimate of drug-likeness (QED) is 0.684. The highest BCUT2D eigenvalue weighted by Gasteiger charge is 2.28. The van der Waals surface area contributed by atoms with Crippen molar-refractivity contribution >= 4 is 29.3 Å². The van der Waals surface area contributed by atoms with E-state index in [1.165, 1.54) is 6.08 Å². The first-order valence-corrected chi connectivity index (χ1v) is 8.97. The molecule has 0 atom stereocenters. The molecule has 4 rings (SSSR count). The second kappa shape index (κ2) is 6.96. The molecule has 3 aromatic rings. The maximum atomic E-state index is 12.3. The zero-order valence-electron chi connectivity index (χ0n) is 14.9. The molecule has 1 aliphatic carbocycles. The number of anilines is 1. The highest BCUT2D eigenvalue weighted by molar-refractivity contribution is 6.31. The first-order valence-electron chi connectivity index (χ1n) is 8.59. The van der Waals surface area contributed by atoms with Crippen molar-refractivity contribution in [2.75, 3.05) is 5.32 Å². The monoisotopic (exact) mass is 383 g/mol. The Labute approximate surface area is 160 Å². The highest BCUT2D eigenvalue weighted by atomic mass is 35.5. The first kappa shape index (κ1) is 17.4. The van der Waals surface area contributed by atoms with Gasteiger partial charge in [0.2, 0.25) is 5.91 Å². The van der Waals surface area contributed by atoms with Crippen molar-refractivity contribution in [3.63, 3.8) is 0 Å². The number of hydrogen-bond donors (Lipinski definition) is 1. The van der Waals surface area contributed by atoms with E-state index in [9.17, 15) is 4.79 Å². The lowest BCUT2D eigenvalue weighted by Crippen LogP contribution is -2.08. The van der Waals surface area contributed by atoms with Crippen LogP contribution in [-0.4, -0.2) is 35.9 Å². The fourth-order valence-electron chi connectivity index (χ4n) is 2.86. The van der Waals surface area contributed by atoms with E-state index in [2.05, 4.69) is 25.9 Å². The van der Waals surface area contributed by atoms with Crippen LogP contribution in [0.5, 0.6) is 0 Å². The molecule has 2 aromatic heterocycles. The third-order valence-electron chi connectivity index (χ3n) is 4.37. The summed E-state index contributed by atoms with van der Waals surface area (Å²) in [5.74, 6) is 0.454. The lowest BCUT2D eigenvalue weighted by atomic mass is 10.2. The molecule has 1 saturated carbocycles. The van der Waals surface area contributed by atoms with E-state index in [0.717, 1.165) is 29.7 Å². The summed E-state index contributed by atoms with van der Waals surface area (Å²) in [6.07, 6.45) is 5.29. The molecule has 0 spiro atoms. The van der Waals surface area contributed by atoms with Gasteiger partial charge in [-0.15, -0.1) is 5.10 Å². The molecule has 9 heteroatoms. The van der Waals surface area contributed by atoms with Gasteiger partial charge in [-0.3, -0.25) is 9.48 Å². The Morgan fingerprint density at radius 3 is 2.89 bits per heavy atom. The standard InChI is InChI=1S/C18H18ClN7O/c1-11-15(17(19)25(2)22-11)8-9-16(27)20-13-5-3-4-12(10-13)18-21-23-24-26(18)14-6-7-14/h3-5,8-10,14H,6-7H2,1-2H3,(H,20,27)/b9-8+. The van der Waals surface area contributed by atoms with Gasteiger partial charge in [0.15, 0.2) is 5.82 Å². The first-order chi connectivity index (χ1) is 13.0. The lowest BCUT2D eigenvalue weighted by molar-refractivity contribution is -0.111. The number of rotatable bonds is 5. The Morgan fingerprint density at radius 1 is 1.37 bits per heavy atom. The molecule has 1 N–H and O–H groups in total. The maximum Gasteiger partial charge on any atom is 0.248 e. The van der Waals surface area contributed by atoms with Gasteiger partial charge in [-0.25, -0.2) is 4.68 Å². The number of hydrogen-bond acceptors (Lipinski definition) is 5. The van der Waals surface area contributed by atoms with Crippen molar-refractivity contribution in [2.45, 2.75) is 25.8 Å². The number of carbonyl (C=O) groups is 1. The third kappa shape index (κ3) is 3.61. The van der Waals surface area contributed by atoms with Crippen LogP contribution in [0.15, 0.2) is 30.3 Å². The molecular weight excluding hydrogens is 366 g/mol. The zero-order valence-corrected chi connectivity index (χ0v) is 15.7. The summed E-state index contributed by atoms with van der Waals surface area (Å²) in [5.41, 5.74) is 3.02. The van der Waals surface area contributed by atoms with Gasteiger partial charge < -0.3 is 5.32 Å². The van der Waals surface area contributed by atoms with Crippen LogP contribution in [0.4, 0.5) is 5.69 Å². The van der Waals surface area contributed by atoms with Gasteiger partial charge in [-0.05, 0) is 48.4 Å². The van der Waals surface area contributed by atoms with Gasteiger partial charge in [0.25, 0.3) is 0 Å². The number of tetrazole rings is 1. The van der Waals surface area contributed by atoms with Crippen LogP contribution in [0.2, 0.25) is 5.15 Å². The summed E-state index contributed by atoms with van der Waals surface area (Å²) < 4.78 is 3.41. The van der Waals surface area contributed by atoms with Gasteiger partial charge in [0.1, 0.15) is 5.15 Å². The summed E-state index contributed by atoms with van der Waals surface area (Å²) in [6.45, 7) is 1.84. The maximum absolute atomic E-state index is 12.3. The van der Waals surface area contributed by atoms with Crippen LogP contribution in [0.25, 0.3) is 17.5 Å². The number of aryl methyl sites for hydroxylation is 2. The summed E-state index contributed by atoms with van der Waals surface area (Å²) >= 11 is 6.18. The Balaban J connectivity index is 1.50. The SMILES string of the molecule is Cc1nn(C)c(Cl)c1/C=C/C(=O)Nc1cccc(-c2nnnn2C2CC2)c1. The fraction of sp³-hybridized carbons (Fsp3) is 0.278. The fourth-order valence-corrected chi connectivity index (χ4v) is 3.10. The van der Waals surface area contributed by atoms with E-state index < -0.39 is 0 Å². The minimum Gasteiger partial charge on any atom is -0.322 e. The number of nitrogens with zero attached hydrogens (tertiary/aromatic N) is 6. The zero-order chi connectivity index (χ0) is 19.0. The second-order valence-electron chi connectivity index (χ2n) is 6.50. The molecule has 0 radical (unpaired) electrons. The van der Waals surface area contributed by atoms with Crippen LogP contribution in [0, 0.1) is 6.92 Å². The van der Waals surface area contributed by atoms with Crippen molar-refractivity contribution in [1.29, 1.82) is 0 Å². The van der Waals surface area contributed by atoms with Gasteiger partial charge in [-0.2, -0.15) is 5.10 Å². The molecule has 0 saturated heterocycles. The molecule has 1 aliphatic rings. The van der Waals surface area contributed by atoms with E-state index in [1.54, 1.807) is 17.8 Å². The number of nitrogens with one attached hydrogen (secondary N) is 1. The molecule has 27 heavy (non-hydrogen) atoms. The number of carbonyl (C=O) groups excluding carboxylic acids is 1. The van der Waals surface area contributed by atoms with E-state index in [-0.39, 0.29) is 5.91 Å². The smallest absolute Gasteiger partial charge is 0.248 e. The Morgan fingerprint density at radius 2 is 2.19 bits per heavy atom. The minimum atomic E-state index is -0.256. The number of amides is 1. The highest BCUT2D eigenvalue weighted by Crippen LogP contribution is 2.36. The molecule has 2 heterocycles. The lowest BCUT2D eigenvalue weighted by Gasteiger charge is -2.06. The molecular formula is C18H18ClN7O. The normalized spacial score (nSPS) is 14.0. The van der Waals surface area contributed by atoms with Gasteiger partial charge >= 0.3 is 0 Å². The van der Waals surface area contributed by atoms with Crippen LogP contribution < -0.4 is 5.32 Å². The molecule has 1 aromatic carbocycles. The molecule has 1 amide bonds. The molecule has 0 bridgehead atoms. The molecule has 0 aliphatic heterocycles. The average molecular weight is 384 g/mol. The van der Waals surface area contributed by atoms with E-state index in [4.69, 9.17) is 11.6 Å². The molecule has 1 fully saturated rings. The summed E-state index contributed by atoms with van der Waals surface area (Å²) in [4.78, 5) is 12.3. The van der Waals surface area contributed by atoms with E-state index in [0.29, 0.717) is 22.7 Å². The minimum absolute atomic E-state index is 0.256. The van der Waals surface area contributed by atoms with Gasteiger partial charge in [-0.1, -0.05) is 23.7 Å². The Kier molecular flexibility index (Phi) is 4.49. The second-order valence-corrected chi connectivity index (χ2v) is 6.85. The number of halogens is 1. The number of aromatic nitrogens is 6. The third-order valence-corrected chi connectivity index (χ3v) is 4.82. The van der Waals surface area contributed by atoms with Crippen LogP contribution >= 0.6 is 11.6 Å². The molecule has 0 unspecified atom stereocenters. The molecule has 138 valence electrons. The summed E-state index contributed by atoms with van der Waals surface area (Å²) in [6, 6.07) is 7.85. The van der Waals surface area contributed by atoms with E-state index >= 15 is 0 Å². The molecule has 8 nitrogen and oxygen atoms in total. The largest absolute Gasteiger partial charge is 0.322 e. The van der Waals surface area contributed by atoms with E-state index in [1.807, 2.05) is 35.9 Å². The van der Waals surface area contributed by atoms with Crippen LogP contribution in [-0.2, 0) is 11.8 Å². The van der Waals surface area contributed by atoms with Crippen molar-refractivity contribution in [3.05, 3.63) is 46.8 Å². The van der Waals surface area contributed by atoms with Gasteiger partial charge in [0.05, 0.1) is 11.7 Å². The van der Waals surface area contributed by atoms with Crippen molar-refractivity contribution in [2.24, 2.45) is 7.05 Å². The van der Waals surface area contributed by atoms with Crippen LogP contribution in [0.3, 0.4) is 0 Å². The summed E-state index contributed by atoms with van der Waals surface area (Å²) in [7, 11) is 1.76. The van der Waals surface area contributed by atoms with Crippen LogP contribution in [0.1, 0.15) is 30.1 Å². The van der Waals surface area contributed by atoms with Crippen molar-refractivity contribution in [1.82, 2.24) is 30.0 Å². The van der Waals surface area contributed by atoms with Crippen molar-refractivity contribution in [3.8, 4) is 11.4 Å². The van der Waals surface area contributed by atoms with Crippen molar-refractivity contribution < 1.29 is 4.79 Å². The summed E-state index contributed by atoms with van der Waals surface area (Å²) in [5, 5.41) is 19.5. The van der Waals surface area contributed by atoms with Gasteiger partial charge in [0, 0.05) is 29.9 Å². The topological polar surface area (TPSA) is 90.5 Å². The number of benzene rings is 1.